The molecule has 0 fully saturated rings. The molecule has 2 heterocycles. The van der Waals surface area contributed by atoms with Crippen molar-refractivity contribution >= 4 is 11.6 Å². The number of rotatable bonds is 7. The highest BCUT2D eigenvalue weighted by molar-refractivity contribution is 5.94. The van der Waals surface area contributed by atoms with Crippen LogP contribution in [-0.4, -0.2) is 38.8 Å². The van der Waals surface area contributed by atoms with Gasteiger partial charge in [-0.05, 0) is 30.4 Å². The van der Waals surface area contributed by atoms with E-state index in [1.54, 1.807) is 0 Å². The van der Waals surface area contributed by atoms with E-state index in [1.807, 2.05) is 13.8 Å². The number of amides is 1. The summed E-state index contributed by atoms with van der Waals surface area (Å²) >= 11 is 0. The quantitative estimate of drug-likeness (QED) is 0.765. The van der Waals surface area contributed by atoms with E-state index in [4.69, 9.17) is 5.11 Å². The Hall–Kier alpha value is -2.09. The number of fused-ring (bicyclic) bond motifs is 1. The number of aromatic nitrogens is 3. The zero-order valence-electron chi connectivity index (χ0n) is 13.1. The lowest BCUT2D eigenvalue weighted by molar-refractivity contribution is 0.0947. The van der Waals surface area contributed by atoms with Crippen molar-refractivity contribution in [3.63, 3.8) is 0 Å². The van der Waals surface area contributed by atoms with Gasteiger partial charge >= 0.3 is 0 Å². The Balaban J connectivity index is 1.99. The highest BCUT2D eigenvalue weighted by Gasteiger charge is 2.18. The third-order valence-electron chi connectivity index (χ3n) is 3.63. The van der Waals surface area contributed by atoms with Gasteiger partial charge in [-0.15, -0.1) is 10.2 Å². The molecule has 2 aromatic heterocycles. The number of alkyl halides is 2. The minimum absolute atomic E-state index is 0.0850. The summed E-state index contributed by atoms with van der Waals surface area (Å²) < 4.78 is 26.7. The zero-order chi connectivity index (χ0) is 17.0. The second-order valence-electron chi connectivity index (χ2n) is 6.19. The summed E-state index contributed by atoms with van der Waals surface area (Å²) in [6.45, 7) is 4.42. The molecule has 0 saturated carbocycles. The Morgan fingerprint density at radius 1 is 1.39 bits per heavy atom. The first-order valence-electron chi connectivity index (χ1n) is 7.36. The Kier molecular flexibility index (Phi) is 5.25. The minimum Gasteiger partial charge on any atom is -0.396 e. The average Bonchev–Trinajstić information content (AvgIpc) is 2.94. The zero-order valence-corrected chi connectivity index (χ0v) is 13.1. The Morgan fingerprint density at radius 2 is 2.13 bits per heavy atom. The molecular weight excluding hydrogens is 306 g/mol. The van der Waals surface area contributed by atoms with Gasteiger partial charge in [0.2, 0.25) is 5.82 Å². The van der Waals surface area contributed by atoms with E-state index >= 15 is 0 Å². The molecule has 0 aliphatic carbocycles. The van der Waals surface area contributed by atoms with Crippen molar-refractivity contribution < 1.29 is 18.7 Å². The third-order valence-corrected chi connectivity index (χ3v) is 3.63. The molecule has 0 spiro atoms. The summed E-state index contributed by atoms with van der Waals surface area (Å²) in [7, 11) is 0. The monoisotopic (exact) mass is 326 g/mol. The van der Waals surface area contributed by atoms with Crippen molar-refractivity contribution in [2.24, 2.45) is 5.41 Å². The van der Waals surface area contributed by atoms with E-state index in [-0.39, 0.29) is 29.1 Å². The number of aliphatic hydroxyl groups excluding tert-OH is 1. The van der Waals surface area contributed by atoms with Crippen LogP contribution in [0.3, 0.4) is 0 Å². The molecule has 0 radical (unpaired) electrons. The van der Waals surface area contributed by atoms with Gasteiger partial charge in [0.25, 0.3) is 12.3 Å². The lowest BCUT2D eigenvalue weighted by Gasteiger charge is -2.21. The largest absolute Gasteiger partial charge is 0.396 e. The van der Waals surface area contributed by atoms with Crippen molar-refractivity contribution in [3.05, 3.63) is 29.7 Å². The molecule has 2 rings (SSSR count). The molecule has 1 amide bonds. The predicted molar refractivity (Wildman–Crippen MR) is 80.4 cm³/mol. The number of nitrogens with zero attached hydrogens (tertiary/aromatic N) is 3. The van der Waals surface area contributed by atoms with Crippen LogP contribution in [0.15, 0.2) is 18.3 Å². The summed E-state index contributed by atoms with van der Waals surface area (Å²) in [6.07, 6.45) is 0.0355. The second-order valence-corrected chi connectivity index (χ2v) is 6.19. The van der Waals surface area contributed by atoms with Gasteiger partial charge in [0.05, 0.1) is 5.56 Å². The summed E-state index contributed by atoms with van der Waals surface area (Å²) in [5.74, 6) is -0.832. The fourth-order valence-electron chi connectivity index (χ4n) is 2.14. The third kappa shape index (κ3) is 4.22. The van der Waals surface area contributed by atoms with Crippen LogP contribution in [-0.2, 0) is 0 Å². The topological polar surface area (TPSA) is 79.5 Å². The number of hydrogen-bond donors (Lipinski definition) is 2. The Morgan fingerprint density at radius 3 is 2.78 bits per heavy atom. The Bertz CT molecular complexity index is 685. The van der Waals surface area contributed by atoms with Crippen LogP contribution in [0.4, 0.5) is 8.78 Å². The summed E-state index contributed by atoms with van der Waals surface area (Å²) in [4.78, 5) is 12.1. The van der Waals surface area contributed by atoms with Crippen LogP contribution in [0.5, 0.6) is 0 Å². The van der Waals surface area contributed by atoms with Crippen LogP contribution in [0.25, 0.3) is 5.65 Å². The van der Waals surface area contributed by atoms with Crippen molar-refractivity contribution in [3.8, 4) is 0 Å². The molecule has 126 valence electrons. The summed E-state index contributed by atoms with van der Waals surface area (Å²) in [5.41, 5.74) is 0.348. The van der Waals surface area contributed by atoms with Crippen LogP contribution in [0.2, 0.25) is 0 Å². The maximum atomic E-state index is 12.8. The smallest absolute Gasteiger partial charge is 0.297 e. The molecule has 2 aromatic rings. The SMILES string of the molecule is CC(C)(CO)CCCNC(=O)c1ccc2nnc(C(F)F)n2c1. The Labute approximate surface area is 132 Å². The fourth-order valence-corrected chi connectivity index (χ4v) is 2.14. The minimum atomic E-state index is -2.76. The van der Waals surface area contributed by atoms with Gasteiger partial charge in [-0.2, -0.15) is 0 Å². The number of aliphatic hydroxyl groups is 1. The first kappa shape index (κ1) is 17.3. The van der Waals surface area contributed by atoms with Gasteiger partial charge in [-0.25, -0.2) is 8.78 Å². The first-order valence-corrected chi connectivity index (χ1v) is 7.36. The van der Waals surface area contributed by atoms with E-state index in [2.05, 4.69) is 15.5 Å². The van der Waals surface area contributed by atoms with E-state index in [1.165, 1.54) is 18.3 Å². The van der Waals surface area contributed by atoms with Crippen LogP contribution >= 0.6 is 0 Å². The van der Waals surface area contributed by atoms with E-state index in [0.717, 1.165) is 17.2 Å². The highest BCUT2D eigenvalue weighted by Crippen LogP contribution is 2.20. The molecule has 0 saturated heterocycles. The van der Waals surface area contributed by atoms with Gasteiger partial charge in [0.1, 0.15) is 0 Å². The molecule has 0 unspecified atom stereocenters. The summed E-state index contributed by atoms with van der Waals surface area (Å²) in [5, 5.41) is 19.0. The molecule has 0 bridgehead atoms. The molecule has 0 aromatic carbocycles. The molecule has 0 atom stereocenters. The fraction of sp³-hybridized carbons (Fsp3) is 0.533. The predicted octanol–water partition coefficient (Wildman–Crippen LogP) is 2.20. The van der Waals surface area contributed by atoms with Crippen LogP contribution < -0.4 is 5.32 Å². The van der Waals surface area contributed by atoms with Crippen molar-refractivity contribution in [2.75, 3.05) is 13.2 Å². The van der Waals surface area contributed by atoms with E-state index < -0.39 is 12.2 Å². The lowest BCUT2D eigenvalue weighted by Crippen LogP contribution is -2.26. The van der Waals surface area contributed by atoms with Gasteiger partial charge in [0, 0.05) is 19.3 Å². The lowest BCUT2D eigenvalue weighted by atomic mass is 9.89. The molecular formula is C15H20F2N4O2. The number of pyridine rings is 1. The second kappa shape index (κ2) is 6.99. The standard InChI is InChI=1S/C15H20F2N4O2/c1-15(2,9-22)6-3-7-18-14(23)10-4-5-11-19-20-13(12(16)17)21(11)8-10/h4-5,8,12,22H,3,6-7,9H2,1-2H3,(H,18,23). The number of carbonyl (C=O) groups excluding carboxylic acids is 1. The number of carbonyl (C=O) groups is 1. The normalized spacial score (nSPS) is 12.1. The number of hydrogen-bond acceptors (Lipinski definition) is 4. The number of nitrogens with one attached hydrogen (secondary N) is 1. The van der Waals surface area contributed by atoms with Gasteiger partial charge < -0.3 is 10.4 Å². The van der Waals surface area contributed by atoms with E-state index in [0.29, 0.717) is 6.54 Å². The molecule has 2 N–H and O–H groups in total. The maximum absolute atomic E-state index is 12.8. The summed E-state index contributed by atoms with van der Waals surface area (Å²) in [6, 6.07) is 2.99. The molecule has 8 heteroatoms. The highest BCUT2D eigenvalue weighted by atomic mass is 19.3. The average molecular weight is 326 g/mol. The molecule has 0 aliphatic heterocycles. The van der Waals surface area contributed by atoms with E-state index in [9.17, 15) is 13.6 Å². The van der Waals surface area contributed by atoms with Gasteiger partial charge in [-0.3, -0.25) is 9.20 Å². The van der Waals surface area contributed by atoms with Gasteiger partial charge in [0.15, 0.2) is 5.65 Å². The maximum Gasteiger partial charge on any atom is 0.297 e. The molecule has 23 heavy (non-hydrogen) atoms. The van der Waals surface area contributed by atoms with Crippen molar-refractivity contribution in [2.45, 2.75) is 33.1 Å². The van der Waals surface area contributed by atoms with Crippen LogP contribution in [0.1, 0.15) is 49.3 Å². The molecule has 0 aliphatic rings. The molecule has 6 nitrogen and oxygen atoms in total. The van der Waals surface area contributed by atoms with Crippen molar-refractivity contribution in [1.29, 1.82) is 0 Å². The number of halogens is 2. The first-order chi connectivity index (χ1) is 10.8. The van der Waals surface area contributed by atoms with Crippen LogP contribution in [0, 0.1) is 5.41 Å². The van der Waals surface area contributed by atoms with Gasteiger partial charge in [-0.1, -0.05) is 13.8 Å². The van der Waals surface area contributed by atoms with Crippen molar-refractivity contribution in [1.82, 2.24) is 19.9 Å².